The number of hydrogen-bond donors (Lipinski definition) is 1. The highest BCUT2D eigenvalue weighted by Crippen LogP contribution is 2.42. The molecule has 1 aliphatic carbocycles. The highest BCUT2D eigenvalue weighted by atomic mass is 16.5. The number of fused-ring (bicyclic) bond motifs is 1. The van der Waals surface area contributed by atoms with E-state index in [0.717, 1.165) is 43.4 Å². The molecule has 1 N–H and O–H groups in total. The standard InChI is InChI=1S/C18H25NO3/c1-2-3-4-5-8-14-11-13(20)12-18(22-14)15-9-6-7-10-16(15)19-17(18)21/h6,9,14H,2-5,7-8,10-12H2,1H3,(H,19,21)/t14-,18+/m0/s1. The summed E-state index contributed by atoms with van der Waals surface area (Å²) in [6.07, 6.45) is 11.8. The van der Waals surface area contributed by atoms with Crippen molar-refractivity contribution in [1.29, 1.82) is 0 Å². The average Bonchev–Trinajstić information content (AvgIpc) is 2.76. The van der Waals surface area contributed by atoms with Gasteiger partial charge in [0.05, 0.1) is 6.10 Å². The molecule has 22 heavy (non-hydrogen) atoms. The summed E-state index contributed by atoms with van der Waals surface area (Å²) < 4.78 is 6.23. The van der Waals surface area contributed by atoms with Gasteiger partial charge in [0.25, 0.3) is 5.91 Å². The van der Waals surface area contributed by atoms with Gasteiger partial charge in [0, 0.05) is 24.1 Å². The Morgan fingerprint density at radius 2 is 2.18 bits per heavy atom. The molecule has 3 rings (SSSR count). The van der Waals surface area contributed by atoms with E-state index in [-0.39, 0.29) is 24.2 Å². The molecule has 0 saturated carbocycles. The number of amides is 1. The van der Waals surface area contributed by atoms with Crippen LogP contribution >= 0.6 is 0 Å². The van der Waals surface area contributed by atoms with E-state index in [2.05, 4.69) is 18.3 Å². The molecule has 0 unspecified atom stereocenters. The fourth-order valence-electron chi connectivity index (χ4n) is 3.76. The fraction of sp³-hybridized carbons (Fsp3) is 0.667. The van der Waals surface area contributed by atoms with Gasteiger partial charge in [0.2, 0.25) is 0 Å². The summed E-state index contributed by atoms with van der Waals surface area (Å²) in [6, 6.07) is 0. The van der Waals surface area contributed by atoms with E-state index in [9.17, 15) is 9.59 Å². The summed E-state index contributed by atoms with van der Waals surface area (Å²) in [6.45, 7) is 2.18. The van der Waals surface area contributed by atoms with E-state index in [1.807, 2.05) is 6.08 Å². The molecule has 4 nitrogen and oxygen atoms in total. The third kappa shape index (κ3) is 2.76. The second-order valence-corrected chi connectivity index (χ2v) is 6.62. The lowest BCUT2D eigenvalue weighted by Crippen LogP contribution is -2.51. The van der Waals surface area contributed by atoms with Crippen molar-refractivity contribution in [3.63, 3.8) is 0 Å². The third-order valence-electron chi connectivity index (χ3n) is 4.89. The van der Waals surface area contributed by atoms with Gasteiger partial charge in [-0.3, -0.25) is 9.59 Å². The highest BCUT2D eigenvalue weighted by molar-refractivity contribution is 6.00. The Bertz CT molecular complexity index is 534. The smallest absolute Gasteiger partial charge is 0.261 e. The minimum atomic E-state index is -1.04. The summed E-state index contributed by atoms with van der Waals surface area (Å²) in [5, 5.41) is 2.95. The second kappa shape index (κ2) is 6.37. The Morgan fingerprint density at radius 3 is 3.00 bits per heavy atom. The Hall–Kier alpha value is -1.42. The molecule has 1 fully saturated rings. The van der Waals surface area contributed by atoms with Gasteiger partial charge in [-0.25, -0.2) is 0 Å². The van der Waals surface area contributed by atoms with Crippen molar-refractivity contribution in [2.75, 3.05) is 0 Å². The van der Waals surface area contributed by atoms with E-state index < -0.39 is 5.60 Å². The summed E-state index contributed by atoms with van der Waals surface area (Å²) in [5.41, 5.74) is 0.805. The number of Topliss-reactive ketones (excluding diaryl/α,β-unsaturated/α-hetero) is 1. The lowest BCUT2D eigenvalue weighted by atomic mass is 9.82. The topological polar surface area (TPSA) is 55.4 Å². The van der Waals surface area contributed by atoms with Gasteiger partial charge in [-0.15, -0.1) is 0 Å². The molecule has 2 aliphatic heterocycles. The van der Waals surface area contributed by atoms with Crippen LogP contribution in [0.1, 0.15) is 64.7 Å². The summed E-state index contributed by atoms with van der Waals surface area (Å²) in [4.78, 5) is 24.8. The van der Waals surface area contributed by atoms with Crippen LogP contribution in [0.4, 0.5) is 0 Å². The van der Waals surface area contributed by atoms with E-state index in [1.54, 1.807) is 0 Å². The van der Waals surface area contributed by atoms with Crippen molar-refractivity contribution >= 4 is 11.7 Å². The predicted octanol–water partition coefficient (Wildman–Crippen LogP) is 3.18. The van der Waals surface area contributed by atoms with Gasteiger partial charge in [-0.05, 0) is 19.3 Å². The average molecular weight is 303 g/mol. The Morgan fingerprint density at radius 1 is 1.32 bits per heavy atom. The van der Waals surface area contributed by atoms with Gasteiger partial charge >= 0.3 is 0 Å². The molecule has 1 amide bonds. The maximum atomic E-state index is 12.5. The Balaban J connectivity index is 1.75. The first-order valence-electron chi connectivity index (χ1n) is 8.57. The van der Waals surface area contributed by atoms with Gasteiger partial charge < -0.3 is 10.1 Å². The molecule has 3 aliphatic rings. The highest BCUT2D eigenvalue weighted by Gasteiger charge is 2.53. The number of unbranched alkanes of at least 4 members (excludes halogenated alkanes) is 3. The van der Waals surface area contributed by atoms with Gasteiger partial charge in [0.1, 0.15) is 5.78 Å². The quantitative estimate of drug-likeness (QED) is 0.794. The number of ketones is 1. The number of carbonyl (C=O) groups excluding carboxylic acids is 2. The predicted molar refractivity (Wildman–Crippen MR) is 84.1 cm³/mol. The van der Waals surface area contributed by atoms with Crippen molar-refractivity contribution < 1.29 is 14.3 Å². The monoisotopic (exact) mass is 303 g/mol. The van der Waals surface area contributed by atoms with Crippen molar-refractivity contribution in [3.8, 4) is 0 Å². The van der Waals surface area contributed by atoms with Crippen LogP contribution in [0, 0.1) is 0 Å². The molecule has 120 valence electrons. The maximum Gasteiger partial charge on any atom is 0.261 e. The van der Waals surface area contributed by atoms with E-state index in [0.29, 0.717) is 6.42 Å². The lowest BCUT2D eigenvalue weighted by Gasteiger charge is -2.37. The Kier molecular flexibility index (Phi) is 4.48. The van der Waals surface area contributed by atoms with Crippen LogP contribution in [-0.2, 0) is 14.3 Å². The minimum Gasteiger partial charge on any atom is -0.356 e. The first-order chi connectivity index (χ1) is 10.7. The zero-order chi connectivity index (χ0) is 15.6. The normalized spacial score (nSPS) is 30.9. The molecule has 2 heterocycles. The molecular formula is C18H25NO3. The lowest BCUT2D eigenvalue weighted by molar-refractivity contribution is -0.162. The van der Waals surface area contributed by atoms with Gasteiger partial charge in [0.15, 0.2) is 5.60 Å². The Labute approximate surface area is 132 Å². The fourth-order valence-corrected chi connectivity index (χ4v) is 3.76. The number of ether oxygens (including phenoxy) is 1. The molecular weight excluding hydrogens is 278 g/mol. The largest absolute Gasteiger partial charge is 0.356 e. The van der Waals surface area contributed by atoms with Crippen molar-refractivity contribution in [3.05, 3.63) is 23.4 Å². The summed E-state index contributed by atoms with van der Waals surface area (Å²) >= 11 is 0. The van der Waals surface area contributed by atoms with Crippen molar-refractivity contribution in [1.82, 2.24) is 5.32 Å². The maximum absolute atomic E-state index is 12.5. The zero-order valence-electron chi connectivity index (χ0n) is 13.3. The number of allylic oxidation sites excluding steroid dienone is 2. The molecule has 4 heteroatoms. The molecule has 1 saturated heterocycles. The van der Waals surface area contributed by atoms with Crippen LogP contribution < -0.4 is 5.32 Å². The SMILES string of the molecule is CCCCCC[C@H]1CC(=O)C[C@]2(O1)C(=O)NC1=C2C=CCC1. The number of hydrogen-bond acceptors (Lipinski definition) is 3. The van der Waals surface area contributed by atoms with Gasteiger partial charge in [-0.1, -0.05) is 44.8 Å². The molecule has 0 aromatic rings. The van der Waals surface area contributed by atoms with Crippen LogP contribution in [0.25, 0.3) is 0 Å². The minimum absolute atomic E-state index is 0.119. The van der Waals surface area contributed by atoms with Crippen LogP contribution in [0.5, 0.6) is 0 Å². The van der Waals surface area contributed by atoms with Crippen LogP contribution in [0.15, 0.2) is 23.4 Å². The van der Waals surface area contributed by atoms with E-state index >= 15 is 0 Å². The second-order valence-electron chi connectivity index (χ2n) is 6.62. The molecule has 1 spiro atoms. The van der Waals surface area contributed by atoms with E-state index in [1.165, 1.54) is 12.8 Å². The van der Waals surface area contributed by atoms with Crippen molar-refractivity contribution in [2.45, 2.75) is 76.4 Å². The van der Waals surface area contributed by atoms with Crippen LogP contribution in [0.3, 0.4) is 0 Å². The third-order valence-corrected chi connectivity index (χ3v) is 4.89. The first kappa shape index (κ1) is 15.5. The number of nitrogens with one attached hydrogen (secondary N) is 1. The first-order valence-corrected chi connectivity index (χ1v) is 8.57. The van der Waals surface area contributed by atoms with Gasteiger partial charge in [-0.2, -0.15) is 0 Å². The number of rotatable bonds is 5. The zero-order valence-corrected chi connectivity index (χ0v) is 13.3. The van der Waals surface area contributed by atoms with Crippen LogP contribution in [-0.4, -0.2) is 23.4 Å². The summed E-state index contributed by atoms with van der Waals surface area (Å²) in [5.74, 6) is 0.00488. The van der Waals surface area contributed by atoms with Crippen molar-refractivity contribution in [2.24, 2.45) is 0 Å². The molecule has 0 aromatic heterocycles. The summed E-state index contributed by atoms with van der Waals surface area (Å²) in [7, 11) is 0. The molecule has 0 radical (unpaired) electrons. The van der Waals surface area contributed by atoms with Crippen LogP contribution in [0.2, 0.25) is 0 Å². The molecule has 0 aromatic carbocycles. The molecule has 0 bridgehead atoms. The molecule has 2 atom stereocenters. The number of carbonyl (C=O) groups is 2. The van der Waals surface area contributed by atoms with E-state index in [4.69, 9.17) is 4.74 Å².